The second-order valence-corrected chi connectivity index (χ2v) is 8.19. The largest absolute Gasteiger partial charge is 0.493 e. The number of unbranched alkanes of at least 4 members (excludes halogenated alkanes) is 3. The van der Waals surface area contributed by atoms with Gasteiger partial charge in [0.15, 0.2) is 0 Å². The van der Waals surface area contributed by atoms with Gasteiger partial charge in [0.2, 0.25) is 0 Å². The van der Waals surface area contributed by atoms with Crippen molar-refractivity contribution < 1.29 is 13.2 Å². The quantitative estimate of drug-likeness (QED) is 0.496. The van der Waals surface area contributed by atoms with Crippen LogP contribution in [0.3, 0.4) is 0 Å². The van der Waals surface area contributed by atoms with Crippen molar-refractivity contribution in [2.24, 2.45) is 0 Å². The minimum atomic E-state index is -3.73. The normalized spacial score (nSPS) is 11.9. The summed E-state index contributed by atoms with van der Waals surface area (Å²) in [6, 6.07) is 3.42. The molecule has 0 aliphatic carbocycles. The topological polar surface area (TPSA) is 43.4 Å². The van der Waals surface area contributed by atoms with Gasteiger partial charge in [0, 0.05) is 10.7 Å². The van der Waals surface area contributed by atoms with E-state index < -0.39 is 9.05 Å². The molecule has 0 fully saturated rings. The van der Waals surface area contributed by atoms with Crippen molar-refractivity contribution >= 4 is 19.7 Å². The first-order chi connectivity index (χ1) is 9.77. The average molecular weight is 333 g/mol. The predicted molar refractivity (Wildman–Crippen MR) is 87.9 cm³/mol. The summed E-state index contributed by atoms with van der Waals surface area (Å²) in [6.07, 6.45) is 4.57. The Morgan fingerprint density at radius 3 is 2.38 bits per heavy atom. The molecule has 120 valence electrons. The van der Waals surface area contributed by atoms with Crippen LogP contribution in [0, 0.1) is 6.92 Å². The Labute approximate surface area is 133 Å². The summed E-state index contributed by atoms with van der Waals surface area (Å²) >= 11 is 0. The fourth-order valence-corrected chi connectivity index (χ4v) is 3.50. The van der Waals surface area contributed by atoms with Gasteiger partial charge in [0.05, 0.1) is 11.5 Å². The van der Waals surface area contributed by atoms with Gasteiger partial charge in [0.25, 0.3) is 9.05 Å². The molecule has 1 aromatic carbocycles. The molecule has 0 unspecified atom stereocenters. The molecule has 0 aliphatic heterocycles. The SMILES string of the molecule is CCCCCCOc1cc(C(C)C)c(S(=O)(=O)Cl)cc1C. The van der Waals surface area contributed by atoms with E-state index in [1.54, 1.807) is 6.07 Å². The van der Waals surface area contributed by atoms with E-state index in [0.29, 0.717) is 12.2 Å². The van der Waals surface area contributed by atoms with Crippen molar-refractivity contribution in [2.75, 3.05) is 6.61 Å². The van der Waals surface area contributed by atoms with Crippen molar-refractivity contribution in [3.05, 3.63) is 23.3 Å². The highest BCUT2D eigenvalue weighted by Crippen LogP contribution is 2.32. The van der Waals surface area contributed by atoms with Crippen LogP contribution >= 0.6 is 10.7 Å². The minimum Gasteiger partial charge on any atom is -0.493 e. The zero-order valence-electron chi connectivity index (χ0n) is 13.3. The molecule has 1 rings (SSSR count). The first-order valence-electron chi connectivity index (χ1n) is 7.49. The van der Waals surface area contributed by atoms with Crippen LogP contribution in [0.4, 0.5) is 0 Å². The number of benzene rings is 1. The van der Waals surface area contributed by atoms with Crippen LogP contribution < -0.4 is 4.74 Å². The maximum Gasteiger partial charge on any atom is 0.261 e. The van der Waals surface area contributed by atoms with E-state index in [0.717, 1.165) is 24.2 Å². The monoisotopic (exact) mass is 332 g/mol. The lowest BCUT2D eigenvalue weighted by atomic mass is 10.0. The third kappa shape index (κ3) is 5.51. The van der Waals surface area contributed by atoms with E-state index in [2.05, 4.69) is 6.92 Å². The molecule has 0 heterocycles. The Balaban J connectivity index is 2.95. The van der Waals surface area contributed by atoms with Gasteiger partial charge < -0.3 is 4.74 Å². The molecule has 0 atom stereocenters. The molecule has 1 aromatic rings. The molecule has 0 amide bonds. The van der Waals surface area contributed by atoms with Gasteiger partial charge in [0.1, 0.15) is 5.75 Å². The molecule has 5 heteroatoms. The molecule has 0 spiro atoms. The zero-order valence-corrected chi connectivity index (χ0v) is 14.9. The minimum absolute atomic E-state index is 0.0663. The summed E-state index contributed by atoms with van der Waals surface area (Å²) in [4.78, 5) is 0.190. The van der Waals surface area contributed by atoms with E-state index in [1.807, 2.05) is 26.8 Å². The van der Waals surface area contributed by atoms with Gasteiger partial charge in [-0.1, -0.05) is 40.0 Å². The highest BCUT2D eigenvalue weighted by Gasteiger charge is 2.20. The number of rotatable bonds is 8. The number of halogens is 1. The summed E-state index contributed by atoms with van der Waals surface area (Å²) in [5.41, 5.74) is 1.51. The number of aryl methyl sites for hydroxylation is 1. The second-order valence-electron chi connectivity index (χ2n) is 5.66. The lowest BCUT2D eigenvalue weighted by molar-refractivity contribution is 0.302. The molecule has 0 radical (unpaired) electrons. The number of ether oxygens (including phenoxy) is 1. The lowest BCUT2D eigenvalue weighted by Crippen LogP contribution is -2.05. The Morgan fingerprint density at radius 1 is 1.19 bits per heavy atom. The van der Waals surface area contributed by atoms with Crippen LogP contribution in [0.5, 0.6) is 5.75 Å². The lowest BCUT2D eigenvalue weighted by Gasteiger charge is -2.16. The Kier molecular flexibility index (Phi) is 7.01. The molecule has 3 nitrogen and oxygen atoms in total. The summed E-state index contributed by atoms with van der Waals surface area (Å²) in [6.45, 7) is 8.57. The fourth-order valence-electron chi connectivity index (χ4n) is 2.21. The second kappa shape index (κ2) is 8.04. The molecule has 0 saturated heterocycles. The molecule has 0 saturated carbocycles. The van der Waals surface area contributed by atoms with Crippen LogP contribution in [0.2, 0.25) is 0 Å². The highest BCUT2D eigenvalue weighted by molar-refractivity contribution is 8.13. The number of hydrogen-bond acceptors (Lipinski definition) is 3. The van der Waals surface area contributed by atoms with E-state index >= 15 is 0 Å². The van der Waals surface area contributed by atoms with Gasteiger partial charge in [-0.2, -0.15) is 0 Å². The van der Waals surface area contributed by atoms with E-state index in [1.165, 1.54) is 12.8 Å². The van der Waals surface area contributed by atoms with Crippen LogP contribution in [-0.4, -0.2) is 15.0 Å². The van der Waals surface area contributed by atoms with E-state index in [9.17, 15) is 8.42 Å². The maximum atomic E-state index is 11.7. The van der Waals surface area contributed by atoms with Crippen LogP contribution in [0.25, 0.3) is 0 Å². The molecule has 0 N–H and O–H groups in total. The predicted octanol–water partition coefficient (Wildman–Crippen LogP) is 5.01. The number of hydrogen-bond donors (Lipinski definition) is 0. The molecule has 0 aromatic heterocycles. The smallest absolute Gasteiger partial charge is 0.261 e. The summed E-state index contributed by atoms with van der Waals surface area (Å²) < 4.78 is 29.2. The summed E-state index contributed by atoms with van der Waals surface area (Å²) in [5, 5.41) is 0. The first-order valence-corrected chi connectivity index (χ1v) is 9.80. The molecule has 21 heavy (non-hydrogen) atoms. The van der Waals surface area contributed by atoms with Crippen molar-refractivity contribution in [3.63, 3.8) is 0 Å². The van der Waals surface area contributed by atoms with E-state index in [4.69, 9.17) is 15.4 Å². The molecular formula is C16H25ClO3S. The third-order valence-corrected chi connectivity index (χ3v) is 4.83. The van der Waals surface area contributed by atoms with Crippen molar-refractivity contribution in [1.82, 2.24) is 0 Å². The van der Waals surface area contributed by atoms with Gasteiger partial charge >= 0.3 is 0 Å². The summed E-state index contributed by atoms with van der Waals surface area (Å²) in [5.74, 6) is 0.816. The van der Waals surface area contributed by atoms with Crippen molar-refractivity contribution in [2.45, 2.75) is 64.2 Å². The Hall–Kier alpha value is -0.740. The first kappa shape index (κ1) is 18.3. The van der Waals surface area contributed by atoms with E-state index in [-0.39, 0.29) is 10.8 Å². The van der Waals surface area contributed by atoms with Crippen molar-refractivity contribution in [3.8, 4) is 5.75 Å². The standard InChI is InChI=1S/C16H25ClO3S/c1-5-6-7-8-9-20-15-11-14(12(2)3)16(10-13(15)4)21(17,18)19/h10-12H,5-9H2,1-4H3. The average Bonchev–Trinajstić information content (AvgIpc) is 2.38. The van der Waals surface area contributed by atoms with Gasteiger partial charge in [-0.25, -0.2) is 8.42 Å². The molecule has 0 aliphatic rings. The van der Waals surface area contributed by atoms with Crippen LogP contribution in [-0.2, 0) is 9.05 Å². The highest BCUT2D eigenvalue weighted by atomic mass is 35.7. The third-order valence-electron chi connectivity index (χ3n) is 3.45. The van der Waals surface area contributed by atoms with Crippen LogP contribution in [0.1, 0.15) is 63.5 Å². The Morgan fingerprint density at radius 2 is 1.86 bits per heavy atom. The van der Waals surface area contributed by atoms with Gasteiger partial charge in [-0.3, -0.25) is 0 Å². The van der Waals surface area contributed by atoms with Gasteiger partial charge in [-0.15, -0.1) is 0 Å². The van der Waals surface area contributed by atoms with Gasteiger partial charge in [-0.05, 0) is 42.5 Å². The van der Waals surface area contributed by atoms with Crippen molar-refractivity contribution in [1.29, 1.82) is 0 Å². The van der Waals surface area contributed by atoms with Crippen LogP contribution in [0.15, 0.2) is 17.0 Å². The molecular weight excluding hydrogens is 308 g/mol. The molecule has 0 bridgehead atoms. The zero-order chi connectivity index (χ0) is 16.0. The maximum absolute atomic E-state index is 11.7. The Bertz CT molecular complexity index is 565. The summed E-state index contributed by atoms with van der Waals surface area (Å²) in [7, 11) is 1.79. The fraction of sp³-hybridized carbons (Fsp3) is 0.625.